The van der Waals surface area contributed by atoms with Crippen LogP contribution in [0, 0.1) is 0 Å². The normalized spacial score (nSPS) is 42.2. The van der Waals surface area contributed by atoms with Gasteiger partial charge in [-0.3, -0.25) is 9.59 Å². The molecule has 5 fully saturated rings. The van der Waals surface area contributed by atoms with Gasteiger partial charge >= 0.3 is 11.9 Å². The molecular weight excluding hydrogens is 1090 g/mol. The van der Waals surface area contributed by atoms with Gasteiger partial charge in [-0.15, -0.1) is 0 Å². The minimum Gasteiger partial charge on any atom is -0.477 e. The van der Waals surface area contributed by atoms with E-state index in [1.165, 1.54) is 0 Å². The van der Waals surface area contributed by atoms with E-state index in [9.17, 15) is 111 Å². The minimum atomic E-state index is -3.12. The zero-order valence-corrected chi connectivity index (χ0v) is 43.3. The summed E-state index contributed by atoms with van der Waals surface area (Å²) in [6.07, 6.45) is -48.0. The van der Waals surface area contributed by atoms with E-state index in [1.54, 1.807) is 0 Å². The Labute approximate surface area is 454 Å². The molecule has 0 spiro atoms. The van der Waals surface area contributed by atoms with E-state index in [2.05, 4.69) is 10.6 Å². The number of aliphatic hydroxyl groups excluding tert-OH is 16. The van der Waals surface area contributed by atoms with Gasteiger partial charge in [-0.2, -0.15) is 0 Å². The van der Waals surface area contributed by atoms with Crippen molar-refractivity contribution in [3.8, 4) is 0 Å². The molecule has 5 heterocycles. The number of carbonyl (C=O) groups excluding carboxylic acids is 2. The van der Waals surface area contributed by atoms with Crippen molar-refractivity contribution in [2.24, 2.45) is 5.73 Å². The summed E-state index contributed by atoms with van der Waals surface area (Å²) < 4.78 is 57.0. The van der Waals surface area contributed by atoms with E-state index in [1.807, 2.05) is 0 Å². The first-order valence-electron chi connectivity index (χ1n) is 25.5. The largest absolute Gasteiger partial charge is 0.477 e. The molecule has 5 saturated heterocycles. The molecule has 27 atom stereocenters. The molecule has 22 N–H and O–H groups in total. The van der Waals surface area contributed by atoms with Gasteiger partial charge in [-0.25, -0.2) is 9.59 Å². The molecule has 0 saturated carbocycles. The Hall–Kier alpha value is -3.20. The zero-order chi connectivity index (χ0) is 59.7. The van der Waals surface area contributed by atoms with E-state index in [0.29, 0.717) is 25.8 Å². The Balaban J connectivity index is 1.35. The third-order valence-electron chi connectivity index (χ3n) is 14.2. The lowest BCUT2D eigenvalue weighted by molar-refractivity contribution is -0.389. The highest BCUT2D eigenvalue weighted by molar-refractivity contribution is 5.77. The summed E-state index contributed by atoms with van der Waals surface area (Å²) in [7, 11) is 0. The van der Waals surface area contributed by atoms with E-state index < -0.39 is 234 Å². The fraction of sp³-hybridized carbons (Fsp3) is 0.911. The van der Waals surface area contributed by atoms with Gasteiger partial charge < -0.3 is 156 Å². The molecule has 0 bridgehead atoms. The van der Waals surface area contributed by atoms with Crippen LogP contribution in [0.1, 0.15) is 46.0 Å². The molecule has 35 nitrogen and oxygen atoms in total. The van der Waals surface area contributed by atoms with Gasteiger partial charge in [0.15, 0.2) is 18.9 Å². The van der Waals surface area contributed by atoms with Crippen LogP contribution in [0.25, 0.3) is 0 Å². The quantitative estimate of drug-likeness (QED) is 0.0340. The Morgan fingerprint density at radius 2 is 0.988 bits per heavy atom. The van der Waals surface area contributed by atoms with Crippen LogP contribution in [-0.2, 0) is 66.5 Å². The smallest absolute Gasteiger partial charge is 0.364 e. The molecule has 0 radical (unpaired) electrons. The van der Waals surface area contributed by atoms with Gasteiger partial charge in [-0.05, 0) is 25.8 Å². The average molecular weight is 1170 g/mol. The molecule has 35 heteroatoms. The van der Waals surface area contributed by atoms with E-state index in [4.69, 9.17) is 53.1 Å². The van der Waals surface area contributed by atoms with Gasteiger partial charge in [0, 0.05) is 33.3 Å². The summed E-state index contributed by atoms with van der Waals surface area (Å²) >= 11 is 0. The van der Waals surface area contributed by atoms with Crippen LogP contribution in [0.4, 0.5) is 0 Å². The number of carboxylic acid groups (broad SMARTS) is 2. The summed E-state index contributed by atoms with van der Waals surface area (Å²) in [5.41, 5.74) is 5.58. The van der Waals surface area contributed by atoms with Gasteiger partial charge in [0.25, 0.3) is 11.6 Å². The number of hydrogen-bond donors (Lipinski definition) is 21. The van der Waals surface area contributed by atoms with Crippen molar-refractivity contribution in [3.63, 3.8) is 0 Å². The number of nitrogens with one attached hydrogen (secondary N) is 2. The lowest BCUT2D eigenvalue weighted by Crippen LogP contribution is -2.70. The van der Waals surface area contributed by atoms with Gasteiger partial charge in [0.05, 0.1) is 57.3 Å². The molecule has 0 aliphatic carbocycles. The van der Waals surface area contributed by atoms with Gasteiger partial charge in [-0.1, -0.05) is 0 Å². The first kappa shape index (κ1) is 67.6. The van der Waals surface area contributed by atoms with Crippen LogP contribution < -0.4 is 16.4 Å². The van der Waals surface area contributed by atoms with E-state index >= 15 is 0 Å². The second-order valence-electron chi connectivity index (χ2n) is 20.0. The molecule has 80 heavy (non-hydrogen) atoms. The summed E-state index contributed by atoms with van der Waals surface area (Å²) in [6.45, 7) is -3.17. The second-order valence-corrected chi connectivity index (χ2v) is 20.0. The summed E-state index contributed by atoms with van der Waals surface area (Å²) in [6, 6.07) is -3.24. The van der Waals surface area contributed by atoms with Gasteiger partial charge in [0.2, 0.25) is 11.8 Å². The SMILES string of the molecule is CC(=O)N[C@H]1[C@H]([C@H](O)[C@H](O)CO)O[C@](O[C@@H]2[C@H](O)[C@@H](O)[C@H](OC[C@H]3O[C@H](OCCCCCN)[C@@H](O)[C@@H](O[C@@H]4O[C@H](CO)[C@H](O[C@@]5(C(=O)O)C[C@H](O)[C@@H](NC(C)=O)[C@H]([C@H](O)[C@H](O)CO)O5)[C@H](O)[C@H]4O)[C@@H]3O)O[C@@H]2CO)(C(=O)O)C[C@@H]1O. The number of carboxylic acids is 2. The molecule has 5 rings (SSSR count). The molecule has 0 aromatic rings. The summed E-state index contributed by atoms with van der Waals surface area (Å²) in [4.78, 5) is 49.8. The Morgan fingerprint density at radius 3 is 1.40 bits per heavy atom. The minimum absolute atomic E-state index is 0.111. The molecular formula is C45H77N3O32. The standard InChI is InChI=1S/C45H77N3O32/c1-15(53)47-24-17(55)8-44(42(67)68,79-36(24)26(59)19(57)10-49)77-34-21(12-51)73-39(31(64)29(34)62)72-14-23-28(61)38(33(66)40(75-23)71-7-5-3-4-6-46)76-41-32(65)30(63)35(22(13-52)74-41)78-45(43(69)70)9-18(56)25(48-16(2)54)37(80-45)27(60)20(58)11-50/h17-41,49-52,55-66H,3-14,46H2,1-2H3,(H,47,53)(H,48,54)(H,67,68)(H,69,70)/t17-,18-,19+,20+,21+,22+,23+,24+,25+,26+,27+,28+,29+,30+,31+,32+,33-,34-,35-,36+,37+,38-,39+,40-,41-,44-,45-/m0/s1. The highest BCUT2D eigenvalue weighted by atomic mass is 16.8. The highest BCUT2D eigenvalue weighted by Crippen LogP contribution is 2.40. The Morgan fingerprint density at radius 1 is 0.562 bits per heavy atom. The third kappa shape index (κ3) is 15.4. The predicted molar refractivity (Wildman–Crippen MR) is 251 cm³/mol. The van der Waals surface area contributed by atoms with Crippen LogP contribution in [0.5, 0.6) is 0 Å². The highest BCUT2D eigenvalue weighted by Gasteiger charge is 2.62. The van der Waals surface area contributed by atoms with Crippen LogP contribution in [0.15, 0.2) is 0 Å². The number of carbonyl (C=O) groups is 4. The molecule has 5 aliphatic heterocycles. The maximum absolute atomic E-state index is 12.9. The first-order chi connectivity index (χ1) is 37.7. The van der Waals surface area contributed by atoms with Gasteiger partial charge in [0.1, 0.15) is 110 Å². The average Bonchev–Trinajstić information content (AvgIpc) is 3.41. The number of aliphatic hydroxyl groups is 16. The number of amides is 2. The van der Waals surface area contributed by atoms with Crippen LogP contribution in [0.3, 0.4) is 0 Å². The monoisotopic (exact) mass is 1170 g/mol. The molecule has 0 aromatic carbocycles. The molecule has 0 unspecified atom stereocenters. The van der Waals surface area contributed by atoms with E-state index in [-0.39, 0.29) is 6.61 Å². The first-order valence-corrected chi connectivity index (χ1v) is 25.5. The number of hydrogen-bond acceptors (Lipinski definition) is 31. The summed E-state index contributed by atoms with van der Waals surface area (Å²) in [5.74, 6) is -11.9. The van der Waals surface area contributed by atoms with Crippen molar-refractivity contribution in [2.45, 2.75) is 211 Å². The fourth-order valence-corrected chi connectivity index (χ4v) is 9.89. The lowest BCUT2D eigenvalue weighted by atomic mass is 9.88. The summed E-state index contributed by atoms with van der Waals surface area (Å²) in [5, 5.41) is 198. The van der Waals surface area contributed by atoms with Crippen molar-refractivity contribution in [2.75, 3.05) is 46.2 Å². The van der Waals surface area contributed by atoms with Crippen molar-refractivity contribution in [1.29, 1.82) is 0 Å². The maximum Gasteiger partial charge on any atom is 0.364 e. The zero-order valence-electron chi connectivity index (χ0n) is 43.3. The topological polar surface area (TPSA) is 575 Å². The fourth-order valence-electron chi connectivity index (χ4n) is 9.89. The van der Waals surface area contributed by atoms with Crippen LogP contribution in [0.2, 0.25) is 0 Å². The van der Waals surface area contributed by atoms with Crippen molar-refractivity contribution in [1.82, 2.24) is 10.6 Å². The van der Waals surface area contributed by atoms with E-state index in [0.717, 1.165) is 13.8 Å². The van der Waals surface area contributed by atoms with Crippen molar-refractivity contribution < 1.29 is 158 Å². The second kappa shape index (κ2) is 29.6. The van der Waals surface area contributed by atoms with Crippen molar-refractivity contribution >= 4 is 23.8 Å². The number of ether oxygens (including phenoxy) is 10. The van der Waals surface area contributed by atoms with Crippen molar-refractivity contribution in [3.05, 3.63) is 0 Å². The predicted octanol–water partition coefficient (Wildman–Crippen LogP) is -12.1. The van der Waals surface area contributed by atoms with Crippen LogP contribution in [-0.4, -0.2) is 326 Å². The molecule has 5 aliphatic rings. The number of unbranched alkanes of at least 4 members (excludes halogenated alkanes) is 2. The van der Waals surface area contributed by atoms with Crippen LogP contribution >= 0.6 is 0 Å². The number of nitrogens with two attached hydrogens (primary N) is 1. The maximum atomic E-state index is 12.9. The Bertz CT molecular complexity index is 1980. The number of rotatable bonds is 27. The number of aliphatic carboxylic acids is 2. The third-order valence-corrected chi connectivity index (χ3v) is 14.2. The molecule has 0 aromatic heterocycles. The molecule has 464 valence electrons. The molecule has 2 amide bonds. The Kier molecular flexibility index (Phi) is 25.0. The lowest BCUT2D eigenvalue weighted by Gasteiger charge is -2.50.